The van der Waals surface area contributed by atoms with E-state index in [0.29, 0.717) is 5.02 Å². The molecule has 0 radical (unpaired) electrons. The van der Waals surface area contributed by atoms with Crippen molar-refractivity contribution in [2.75, 3.05) is 0 Å². The van der Waals surface area contributed by atoms with Gasteiger partial charge < -0.3 is 5.73 Å². The molecule has 0 aliphatic carbocycles. The van der Waals surface area contributed by atoms with Crippen molar-refractivity contribution < 1.29 is 0 Å². The number of nitrogens with two attached hydrogens (primary N) is 1. The van der Waals surface area contributed by atoms with Gasteiger partial charge in [-0.1, -0.05) is 35.9 Å². The van der Waals surface area contributed by atoms with Gasteiger partial charge in [0, 0.05) is 6.54 Å². The van der Waals surface area contributed by atoms with Crippen molar-refractivity contribution in [1.82, 2.24) is 9.78 Å². The van der Waals surface area contributed by atoms with E-state index in [-0.39, 0.29) is 6.04 Å². The van der Waals surface area contributed by atoms with Gasteiger partial charge in [0.25, 0.3) is 0 Å². The summed E-state index contributed by atoms with van der Waals surface area (Å²) in [6.07, 6.45) is 1.65. The third-order valence-corrected chi connectivity index (χ3v) is 3.24. The molecular weight excluding hydrogens is 234 g/mol. The average molecular weight is 250 g/mol. The molecule has 2 aromatic rings. The van der Waals surface area contributed by atoms with E-state index < -0.39 is 0 Å². The first-order valence-electron chi connectivity index (χ1n) is 5.67. The first-order valence-corrected chi connectivity index (χ1v) is 6.05. The second kappa shape index (κ2) is 4.90. The minimum absolute atomic E-state index is 0.230. The molecule has 0 bridgehead atoms. The van der Waals surface area contributed by atoms with Crippen LogP contribution in [0.15, 0.2) is 30.5 Å². The Bertz CT molecular complexity index is 519. The highest BCUT2D eigenvalue weighted by Gasteiger charge is 2.18. The maximum Gasteiger partial charge on any atom is 0.0837 e. The maximum absolute atomic E-state index is 6.29. The zero-order valence-electron chi connectivity index (χ0n) is 10.0. The summed E-state index contributed by atoms with van der Waals surface area (Å²) in [6.45, 7) is 4.84. The highest BCUT2D eigenvalue weighted by Crippen LogP contribution is 2.27. The molecule has 1 heterocycles. The van der Waals surface area contributed by atoms with Gasteiger partial charge >= 0.3 is 0 Å². The third-order valence-electron chi connectivity index (χ3n) is 2.95. The van der Waals surface area contributed by atoms with Gasteiger partial charge in [0.05, 0.1) is 23.0 Å². The standard InChI is InChI=1S/C13H16ClN3/c1-3-17-13(11(14)8-16-17)12(15)10-7-5-4-6-9(10)2/h4-8,12H,3,15H2,1-2H3. The molecule has 0 amide bonds. The number of aromatic nitrogens is 2. The number of halogens is 1. The Morgan fingerprint density at radius 3 is 2.76 bits per heavy atom. The molecule has 1 aromatic carbocycles. The second-order valence-electron chi connectivity index (χ2n) is 4.03. The summed E-state index contributed by atoms with van der Waals surface area (Å²) < 4.78 is 1.85. The Morgan fingerprint density at radius 1 is 1.41 bits per heavy atom. The van der Waals surface area contributed by atoms with Crippen LogP contribution in [0.1, 0.15) is 29.8 Å². The van der Waals surface area contributed by atoms with E-state index in [9.17, 15) is 0 Å². The molecule has 0 saturated carbocycles. The molecule has 2 rings (SSSR count). The van der Waals surface area contributed by atoms with Crippen molar-refractivity contribution in [2.45, 2.75) is 26.4 Å². The molecule has 1 atom stereocenters. The lowest BCUT2D eigenvalue weighted by molar-refractivity contribution is 0.600. The average Bonchev–Trinajstić information content (AvgIpc) is 2.70. The molecule has 4 heteroatoms. The number of hydrogen-bond acceptors (Lipinski definition) is 2. The lowest BCUT2D eigenvalue weighted by atomic mass is 9.99. The van der Waals surface area contributed by atoms with Crippen LogP contribution in [-0.4, -0.2) is 9.78 Å². The summed E-state index contributed by atoms with van der Waals surface area (Å²) in [7, 11) is 0. The van der Waals surface area contributed by atoms with Crippen LogP contribution in [-0.2, 0) is 6.54 Å². The second-order valence-corrected chi connectivity index (χ2v) is 4.43. The minimum atomic E-state index is -0.230. The highest BCUT2D eigenvalue weighted by atomic mass is 35.5. The van der Waals surface area contributed by atoms with E-state index in [4.69, 9.17) is 17.3 Å². The largest absolute Gasteiger partial charge is 0.319 e. The normalized spacial score (nSPS) is 12.7. The van der Waals surface area contributed by atoms with Crippen LogP contribution in [0.4, 0.5) is 0 Å². The summed E-state index contributed by atoms with van der Waals surface area (Å²) in [5.41, 5.74) is 9.43. The van der Waals surface area contributed by atoms with Crippen LogP contribution in [0.5, 0.6) is 0 Å². The van der Waals surface area contributed by atoms with Crippen molar-refractivity contribution in [3.8, 4) is 0 Å². The lowest BCUT2D eigenvalue weighted by Gasteiger charge is -2.16. The molecule has 17 heavy (non-hydrogen) atoms. The van der Waals surface area contributed by atoms with E-state index in [1.54, 1.807) is 6.20 Å². The fourth-order valence-electron chi connectivity index (χ4n) is 2.02. The Labute approximate surface area is 106 Å². The van der Waals surface area contributed by atoms with Crippen LogP contribution >= 0.6 is 11.6 Å². The van der Waals surface area contributed by atoms with Crippen molar-refractivity contribution in [3.63, 3.8) is 0 Å². The predicted octanol–water partition coefficient (Wildman–Crippen LogP) is 2.91. The number of nitrogens with zero attached hydrogens (tertiary/aromatic N) is 2. The maximum atomic E-state index is 6.29. The van der Waals surface area contributed by atoms with Crippen molar-refractivity contribution in [3.05, 3.63) is 52.3 Å². The fourth-order valence-corrected chi connectivity index (χ4v) is 2.27. The number of hydrogen-bond donors (Lipinski definition) is 1. The summed E-state index contributed by atoms with van der Waals surface area (Å²) >= 11 is 6.16. The molecule has 90 valence electrons. The number of rotatable bonds is 3. The first kappa shape index (κ1) is 12.1. The zero-order valence-corrected chi connectivity index (χ0v) is 10.8. The van der Waals surface area contributed by atoms with Crippen LogP contribution in [0, 0.1) is 6.92 Å². The summed E-state index contributed by atoms with van der Waals surface area (Å²) in [4.78, 5) is 0. The summed E-state index contributed by atoms with van der Waals surface area (Å²) in [6, 6.07) is 7.85. The van der Waals surface area contributed by atoms with Crippen LogP contribution in [0.2, 0.25) is 5.02 Å². The molecule has 0 aliphatic heterocycles. The number of aryl methyl sites for hydroxylation is 2. The Morgan fingerprint density at radius 2 is 2.12 bits per heavy atom. The van der Waals surface area contributed by atoms with Crippen molar-refractivity contribution in [2.24, 2.45) is 5.73 Å². The van der Waals surface area contributed by atoms with E-state index >= 15 is 0 Å². The molecule has 0 aliphatic rings. The van der Waals surface area contributed by atoms with Crippen LogP contribution < -0.4 is 5.73 Å². The highest BCUT2D eigenvalue weighted by molar-refractivity contribution is 6.31. The third kappa shape index (κ3) is 2.21. The molecule has 0 spiro atoms. The smallest absolute Gasteiger partial charge is 0.0837 e. The van der Waals surface area contributed by atoms with Gasteiger partial charge in [0.1, 0.15) is 0 Å². The molecule has 1 unspecified atom stereocenters. The van der Waals surface area contributed by atoms with E-state index in [2.05, 4.69) is 18.1 Å². The van der Waals surface area contributed by atoms with Crippen LogP contribution in [0.25, 0.3) is 0 Å². The van der Waals surface area contributed by atoms with Gasteiger partial charge in [-0.2, -0.15) is 5.10 Å². The Kier molecular flexibility index (Phi) is 3.50. The minimum Gasteiger partial charge on any atom is -0.319 e. The zero-order chi connectivity index (χ0) is 12.4. The molecule has 2 N–H and O–H groups in total. The quantitative estimate of drug-likeness (QED) is 0.909. The Balaban J connectivity index is 2.47. The van der Waals surface area contributed by atoms with E-state index in [1.165, 1.54) is 5.56 Å². The first-order chi connectivity index (χ1) is 8.15. The van der Waals surface area contributed by atoms with Gasteiger partial charge in [0.2, 0.25) is 0 Å². The van der Waals surface area contributed by atoms with Gasteiger partial charge in [-0.3, -0.25) is 4.68 Å². The summed E-state index contributed by atoms with van der Waals surface area (Å²) in [5.74, 6) is 0. The SMILES string of the molecule is CCn1ncc(Cl)c1C(N)c1ccccc1C. The van der Waals surface area contributed by atoms with Crippen molar-refractivity contribution in [1.29, 1.82) is 0 Å². The lowest BCUT2D eigenvalue weighted by Crippen LogP contribution is -2.18. The topological polar surface area (TPSA) is 43.8 Å². The fraction of sp³-hybridized carbons (Fsp3) is 0.308. The molecule has 1 aromatic heterocycles. The predicted molar refractivity (Wildman–Crippen MR) is 70.1 cm³/mol. The van der Waals surface area contributed by atoms with Gasteiger partial charge in [0.15, 0.2) is 0 Å². The van der Waals surface area contributed by atoms with E-state index in [0.717, 1.165) is 17.8 Å². The number of benzene rings is 1. The van der Waals surface area contributed by atoms with Gasteiger partial charge in [-0.15, -0.1) is 0 Å². The van der Waals surface area contributed by atoms with Gasteiger partial charge in [-0.05, 0) is 25.0 Å². The molecule has 3 nitrogen and oxygen atoms in total. The van der Waals surface area contributed by atoms with Gasteiger partial charge in [-0.25, -0.2) is 0 Å². The van der Waals surface area contributed by atoms with Crippen molar-refractivity contribution >= 4 is 11.6 Å². The van der Waals surface area contributed by atoms with Crippen LogP contribution in [0.3, 0.4) is 0 Å². The summed E-state index contributed by atoms with van der Waals surface area (Å²) in [5, 5.41) is 4.84. The van der Waals surface area contributed by atoms with E-state index in [1.807, 2.05) is 29.8 Å². The Hall–Kier alpha value is -1.32. The molecule has 0 saturated heterocycles. The molecule has 0 fully saturated rings. The monoisotopic (exact) mass is 249 g/mol. The molecular formula is C13H16ClN3.